The maximum absolute atomic E-state index is 13.5. The number of esters is 1. The third-order valence-electron chi connectivity index (χ3n) is 7.08. The van der Waals surface area contributed by atoms with Crippen LogP contribution in [0.1, 0.15) is 37.5 Å². The van der Waals surface area contributed by atoms with Crippen LogP contribution < -0.4 is 33.7 Å². The van der Waals surface area contributed by atoms with E-state index in [9.17, 15) is 9.59 Å². The first-order chi connectivity index (χ1) is 21.0. The summed E-state index contributed by atoms with van der Waals surface area (Å²) >= 11 is 0. The lowest BCUT2D eigenvalue weighted by Gasteiger charge is -2.28. The summed E-state index contributed by atoms with van der Waals surface area (Å²) in [4.78, 5) is 26.1. The maximum Gasteiger partial charge on any atom is 0.408 e. The van der Waals surface area contributed by atoms with Crippen molar-refractivity contribution in [1.29, 1.82) is 0 Å². The molecule has 10 heteroatoms. The highest BCUT2D eigenvalue weighted by atomic mass is 16.6. The second kappa shape index (κ2) is 14.2. The number of ether oxygens (including phenoxy) is 7. The molecule has 0 aliphatic carbocycles. The molecule has 10 nitrogen and oxygen atoms in total. The quantitative estimate of drug-likeness (QED) is 0.221. The standard InChI is InChI=1S/C34H41NO9/c1-34(2,3)44-33(37)35-25(17-21-11-9-8-10-12-21)32(36)43-28-18-22(13-14-26(28)38-4)15-23-16-24-27(42-20-23)19-29(39-5)31(41-7)30(24)40-6/h8-14,18-19,23,25H,15-17,20H2,1-7H3,(H,35,37)/t23?,25-/m0/s1. The minimum Gasteiger partial charge on any atom is -0.493 e. The Labute approximate surface area is 258 Å². The SMILES string of the molecule is COc1ccc(CC2COc3cc(OC)c(OC)c(OC)c3C2)cc1OC(=O)[C@H](Cc1ccccc1)NC(=O)OC(C)(C)C. The topological polar surface area (TPSA) is 111 Å². The highest BCUT2D eigenvalue weighted by Gasteiger charge is 2.30. The van der Waals surface area contributed by atoms with E-state index in [1.807, 2.05) is 42.5 Å². The molecule has 0 saturated carbocycles. The fourth-order valence-electron chi connectivity index (χ4n) is 5.14. The number of nitrogens with one attached hydrogen (secondary N) is 1. The monoisotopic (exact) mass is 607 g/mol. The van der Waals surface area contributed by atoms with Crippen molar-refractivity contribution in [2.24, 2.45) is 5.92 Å². The predicted molar refractivity (Wildman–Crippen MR) is 164 cm³/mol. The number of benzene rings is 3. The van der Waals surface area contributed by atoms with Gasteiger partial charge in [-0.3, -0.25) is 0 Å². The molecule has 4 rings (SSSR count). The highest BCUT2D eigenvalue weighted by molar-refractivity contribution is 5.83. The van der Waals surface area contributed by atoms with Crippen molar-refractivity contribution in [3.63, 3.8) is 0 Å². The molecule has 3 aromatic rings. The van der Waals surface area contributed by atoms with Gasteiger partial charge < -0.3 is 38.5 Å². The van der Waals surface area contributed by atoms with Crippen molar-refractivity contribution in [2.75, 3.05) is 35.0 Å². The van der Waals surface area contributed by atoms with Crippen molar-refractivity contribution in [1.82, 2.24) is 5.32 Å². The van der Waals surface area contributed by atoms with Crippen LogP contribution in [0.15, 0.2) is 54.6 Å². The zero-order valence-corrected chi connectivity index (χ0v) is 26.4. The van der Waals surface area contributed by atoms with Crippen LogP contribution in [0.2, 0.25) is 0 Å². The Hall–Kier alpha value is -4.60. The zero-order chi connectivity index (χ0) is 31.9. The number of carbonyl (C=O) groups is 2. The first-order valence-electron chi connectivity index (χ1n) is 14.4. The van der Waals surface area contributed by atoms with E-state index in [4.69, 9.17) is 33.2 Å². The summed E-state index contributed by atoms with van der Waals surface area (Å²) in [7, 11) is 6.24. The Bertz CT molecular complexity index is 1450. The van der Waals surface area contributed by atoms with Gasteiger partial charge in [0.25, 0.3) is 0 Å². The largest absolute Gasteiger partial charge is 0.493 e. The van der Waals surface area contributed by atoms with Crippen LogP contribution in [0.5, 0.6) is 34.5 Å². The lowest BCUT2D eigenvalue weighted by Crippen LogP contribution is -2.46. The first-order valence-corrected chi connectivity index (χ1v) is 14.4. The van der Waals surface area contributed by atoms with Gasteiger partial charge in [-0.2, -0.15) is 0 Å². The Morgan fingerprint density at radius 3 is 2.20 bits per heavy atom. The van der Waals surface area contributed by atoms with Crippen molar-refractivity contribution in [3.8, 4) is 34.5 Å². The molecular weight excluding hydrogens is 566 g/mol. The van der Waals surface area contributed by atoms with Gasteiger partial charge in [-0.05, 0) is 56.9 Å². The third kappa shape index (κ3) is 8.06. The molecule has 0 radical (unpaired) electrons. The van der Waals surface area contributed by atoms with Gasteiger partial charge in [0, 0.05) is 24.0 Å². The molecular formula is C34H41NO9. The highest BCUT2D eigenvalue weighted by Crippen LogP contribution is 2.47. The molecule has 1 amide bonds. The minimum absolute atomic E-state index is 0.103. The predicted octanol–water partition coefficient (Wildman–Crippen LogP) is 5.56. The molecule has 236 valence electrons. The molecule has 3 aromatic carbocycles. The lowest BCUT2D eigenvalue weighted by molar-refractivity contribution is -0.136. The van der Waals surface area contributed by atoms with E-state index in [2.05, 4.69) is 5.32 Å². The molecule has 1 heterocycles. The van der Waals surface area contributed by atoms with Crippen LogP contribution in [-0.2, 0) is 28.8 Å². The second-order valence-corrected chi connectivity index (χ2v) is 11.5. The number of fused-ring (bicyclic) bond motifs is 1. The molecule has 2 atom stereocenters. The third-order valence-corrected chi connectivity index (χ3v) is 7.08. The summed E-state index contributed by atoms with van der Waals surface area (Å²) in [6, 6.07) is 15.7. The Kier molecular flexibility index (Phi) is 10.5. The van der Waals surface area contributed by atoms with Gasteiger partial charge in [-0.25, -0.2) is 9.59 Å². The van der Waals surface area contributed by atoms with Crippen LogP contribution in [0, 0.1) is 5.92 Å². The summed E-state index contributed by atoms with van der Waals surface area (Å²) < 4.78 is 39.6. The number of alkyl carbamates (subject to hydrolysis) is 1. The van der Waals surface area contributed by atoms with Gasteiger partial charge in [0.15, 0.2) is 23.0 Å². The first kappa shape index (κ1) is 32.3. The van der Waals surface area contributed by atoms with Crippen molar-refractivity contribution in [3.05, 3.63) is 71.3 Å². The van der Waals surface area contributed by atoms with E-state index < -0.39 is 23.7 Å². The van der Waals surface area contributed by atoms with Crippen LogP contribution in [0.4, 0.5) is 4.79 Å². The molecule has 0 fully saturated rings. The van der Waals surface area contributed by atoms with E-state index in [0.717, 1.165) is 16.7 Å². The van der Waals surface area contributed by atoms with Crippen molar-refractivity contribution in [2.45, 2.75) is 51.7 Å². The van der Waals surface area contributed by atoms with E-state index >= 15 is 0 Å². The number of methoxy groups -OCH3 is 4. The Balaban J connectivity index is 1.53. The molecule has 0 bridgehead atoms. The number of hydrogen-bond donors (Lipinski definition) is 1. The molecule has 1 N–H and O–H groups in total. The Morgan fingerprint density at radius 2 is 1.57 bits per heavy atom. The fraction of sp³-hybridized carbons (Fsp3) is 0.412. The summed E-state index contributed by atoms with van der Waals surface area (Å²) in [5, 5.41) is 2.67. The van der Waals surface area contributed by atoms with Crippen LogP contribution in [0.25, 0.3) is 0 Å². The fourth-order valence-corrected chi connectivity index (χ4v) is 5.14. The average Bonchev–Trinajstić information content (AvgIpc) is 2.99. The van der Waals surface area contributed by atoms with Gasteiger partial charge >= 0.3 is 12.1 Å². The van der Waals surface area contributed by atoms with Gasteiger partial charge in [-0.1, -0.05) is 36.4 Å². The average molecular weight is 608 g/mol. The number of carbonyl (C=O) groups excluding carboxylic acids is 2. The smallest absolute Gasteiger partial charge is 0.408 e. The normalized spacial score (nSPS) is 14.8. The van der Waals surface area contributed by atoms with Crippen LogP contribution in [0.3, 0.4) is 0 Å². The molecule has 0 saturated heterocycles. The molecule has 44 heavy (non-hydrogen) atoms. The van der Waals surface area contributed by atoms with Crippen LogP contribution in [-0.4, -0.2) is 58.8 Å². The van der Waals surface area contributed by atoms with Crippen molar-refractivity contribution >= 4 is 12.1 Å². The molecule has 0 aromatic heterocycles. The van der Waals surface area contributed by atoms with E-state index in [1.165, 1.54) is 7.11 Å². The maximum atomic E-state index is 13.5. The molecule has 1 aliphatic rings. The van der Waals surface area contributed by atoms with Gasteiger partial charge in [-0.15, -0.1) is 0 Å². The molecule has 0 spiro atoms. The van der Waals surface area contributed by atoms with Crippen molar-refractivity contribution < 1.29 is 42.7 Å². The van der Waals surface area contributed by atoms with E-state index in [-0.39, 0.29) is 18.1 Å². The Morgan fingerprint density at radius 1 is 0.864 bits per heavy atom. The zero-order valence-electron chi connectivity index (χ0n) is 26.4. The summed E-state index contributed by atoms with van der Waals surface area (Å²) in [6.45, 7) is 5.75. The second-order valence-electron chi connectivity index (χ2n) is 11.5. The van der Waals surface area contributed by atoms with Gasteiger partial charge in [0.2, 0.25) is 5.75 Å². The van der Waals surface area contributed by atoms with E-state index in [0.29, 0.717) is 48.2 Å². The summed E-state index contributed by atoms with van der Waals surface area (Å²) in [5.41, 5.74) is 1.95. The number of amides is 1. The number of rotatable bonds is 11. The number of hydrogen-bond acceptors (Lipinski definition) is 9. The summed E-state index contributed by atoms with van der Waals surface area (Å²) in [5.74, 6) is 2.43. The minimum atomic E-state index is -0.997. The van der Waals surface area contributed by atoms with Gasteiger partial charge in [0.1, 0.15) is 17.4 Å². The van der Waals surface area contributed by atoms with E-state index in [1.54, 1.807) is 54.2 Å². The van der Waals surface area contributed by atoms with Gasteiger partial charge in [0.05, 0.1) is 35.0 Å². The molecule has 1 aliphatic heterocycles. The summed E-state index contributed by atoms with van der Waals surface area (Å²) in [6.07, 6.45) is 0.822. The van der Waals surface area contributed by atoms with Crippen LogP contribution >= 0.6 is 0 Å². The lowest BCUT2D eigenvalue weighted by atomic mass is 9.90. The molecule has 1 unspecified atom stereocenters.